The largest absolute Gasteiger partial charge is 0.508 e. The molecule has 0 aliphatic heterocycles. The Labute approximate surface area is 92.8 Å². The van der Waals surface area contributed by atoms with Crippen molar-refractivity contribution in [2.24, 2.45) is 5.73 Å². The molecule has 1 aromatic carbocycles. The fraction of sp³-hybridized carbons (Fsp3) is 0.364. The summed E-state index contributed by atoms with van der Waals surface area (Å²) in [4.78, 5) is 11.2. The maximum atomic E-state index is 13.3. The summed E-state index contributed by atoms with van der Waals surface area (Å²) in [6.45, 7) is 1.88. The molecule has 3 N–H and O–H groups in total. The lowest BCUT2D eigenvalue weighted by atomic mass is 10.1. The monoisotopic (exact) mass is 227 g/mol. The SMILES string of the molecule is CCOC(=O)C(N)Cc1c(O)cccc1F. The van der Waals surface area contributed by atoms with Crippen molar-refractivity contribution in [1.29, 1.82) is 0 Å². The molecule has 0 heterocycles. The molecule has 5 heteroatoms. The van der Waals surface area contributed by atoms with Crippen molar-refractivity contribution in [2.75, 3.05) is 6.61 Å². The van der Waals surface area contributed by atoms with Gasteiger partial charge in [0.05, 0.1) is 6.61 Å². The molecule has 0 radical (unpaired) electrons. The smallest absolute Gasteiger partial charge is 0.323 e. The first-order valence-corrected chi connectivity index (χ1v) is 4.94. The lowest BCUT2D eigenvalue weighted by Gasteiger charge is -2.12. The van der Waals surface area contributed by atoms with Crippen LogP contribution < -0.4 is 5.73 Å². The fourth-order valence-corrected chi connectivity index (χ4v) is 1.30. The molecule has 0 bridgehead atoms. The highest BCUT2D eigenvalue weighted by Gasteiger charge is 2.19. The zero-order chi connectivity index (χ0) is 12.1. The second kappa shape index (κ2) is 5.46. The van der Waals surface area contributed by atoms with Crippen molar-refractivity contribution in [3.05, 3.63) is 29.6 Å². The van der Waals surface area contributed by atoms with Gasteiger partial charge in [-0.15, -0.1) is 0 Å². The van der Waals surface area contributed by atoms with E-state index in [9.17, 15) is 14.3 Å². The number of benzene rings is 1. The Balaban J connectivity index is 2.76. The van der Waals surface area contributed by atoms with E-state index in [2.05, 4.69) is 4.74 Å². The summed E-state index contributed by atoms with van der Waals surface area (Å²) in [6.07, 6.45) is -0.0860. The summed E-state index contributed by atoms with van der Waals surface area (Å²) in [5.41, 5.74) is 5.55. The number of hydrogen-bond donors (Lipinski definition) is 2. The van der Waals surface area contributed by atoms with Crippen molar-refractivity contribution in [2.45, 2.75) is 19.4 Å². The van der Waals surface area contributed by atoms with Gasteiger partial charge in [0.2, 0.25) is 0 Å². The Bertz CT molecular complexity index is 361. The van der Waals surface area contributed by atoms with E-state index < -0.39 is 17.8 Å². The van der Waals surface area contributed by atoms with Gasteiger partial charge in [0.15, 0.2) is 0 Å². The summed E-state index contributed by atoms with van der Waals surface area (Å²) in [5, 5.41) is 9.40. The Hall–Kier alpha value is -1.62. The number of aromatic hydroxyl groups is 1. The van der Waals surface area contributed by atoms with Gasteiger partial charge in [0, 0.05) is 12.0 Å². The number of carbonyl (C=O) groups is 1. The van der Waals surface area contributed by atoms with Crippen molar-refractivity contribution >= 4 is 5.97 Å². The molecule has 0 saturated heterocycles. The first-order valence-electron chi connectivity index (χ1n) is 4.94. The summed E-state index contributed by atoms with van der Waals surface area (Å²) in [7, 11) is 0. The molecular weight excluding hydrogens is 213 g/mol. The van der Waals surface area contributed by atoms with Gasteiger partial charge in [-0.25, -0.2) is 4.39 Å². The van der Waals surface area contributed by atoms with Crippen LogP contribution in [0.15, 0.2) is 18.2 Å². The molecule has 1 atom stereocenters. The number of halogens is 1. The van der Waals surface area contributed by atoms with Crippen molar-refractivity contribution in [3.63, 3.8) is 0 Å². The van der Waals surface area contributed by atoms with Crippen LogP contribution >= 0.6 is 0 Å². The third kappa shape index (κ3) is 2.93. The maximum Gasteiger partial charge on any atom is 0.323 e. The summed E-state index contributed by atoms with van der Waals surface area (Å²) in [6, 6.07) is 2.95. The average molecular weight is 227 g/mol. The normalized spacial score (nSPS) is 12.2. The molecular formula is C11H14FNO3. The Morgan fingerprint density at radius 2 is 2.31 bits per heavy atom. The van der Waals surface area contributed by atoms with Crippen LogP contribution in [0.2, 0.25) is 0 Å². The number of nitrogens with two attached hydrogens (primary N) is 1. The van der Waals surface area contributed by atoms with Crippen LogP contribution in [-0.4, -0.2) is 23.7 Å². The van der Waals surface area contributed by atoms with Crippen molar-refractivity contribution in [3.8, 4) is 5.75 Å². The minimum atomic E-state index is -0.970. The minimum absolute atomic E-state index is 0.0306. The Kier molecular flexibility index (Phi) is 4.25. The molecule has 1 rings (SSSR count). The fourth-order valence-electron chi connectivity index (χ4n) is 1.30. The lowest BCUT2D eigenvalue weighted by molar-refractivity contribution is -0.144. The van der Waals surface area contributed by atoms with E-state index in [0.717, 1.165) is 0 Å². The van der Waals surface area contributed by atoms with Crippen LogP contribution in [0.4, 0.5) is 4.39 Å². The van der Waals surface area contributed by atoms with E-state index in [1.807, 2.05) is 0 Å². The first-order chi connectivity index (χ1) is 7.56. The van der Waals surface area contributed by atoms with Gasteiger partial charge in [-0.1, -0.05) is 6.07 Å². The summed E-state index contributed by atoms with van der Waals surface area (Å²) in [5.74, 6) is -1.40. The second-order valence-electron chi connectivity index (χ2n) is 3.30. The van der Waals surface area contributed by atoms with Gasteiger partial charge < -0.3 is 15.6 Å². The molecule has 4 nitrogen and oxygen atoms in total. The van der Waals surface area contributed by atoms with E-state index in [1.54, 1.807) is 6.92 Å². The van der Waals surface area contributed by atoms with Gasteiger partial charge in [0.25, 0.3) is 0 Å². The lowest BCUT2D eigenvalue weighted by Crippen LogP contribution is -2.34. The molecule has 88 valence electrons. The predicted molar refractivity (Wildman–Crippen MR) is 56.4 cm³/mol. The summed E-state index contributed by atoms with van der Waals surface area (Å²) >= 11 is 0. The number of carbonyl (C=O) groups excluding carboxylic acids is 1. The van der Waals surface area contributed by atoms with Crippen LogP contribution in [0.25, 0.3) is 0 Å². The Morgan fingerprint density at radius 1 is 1.62 bits per heavy atom. The van der Waals surface area contributed by atoms with Crippen LogP contribution in [0.3, 0.4) is 0 Å². The van der Waals surface area contributed by atoms with Crippen LogP contribution in [0, 0.1) is 5.82 Å². The van der Waals surface area contributed by atoms with Crippen LogP contribution in [0.5, 0.6) is 5.75 Å². The molecule has 0 aliphatic carbocycles. The van der Waals surface area contributed by atoms with E-state index in [1.165, 1.54) is 18.2 Å². The Morgan fingerprint density at radius 3 is 2.88 bits per heavy atom. The molecule has 1 aromatic rings. The van der Waals surface area contributed by atoms with Gasteiger partial charge in [-0.3, -0.25) is 4.79 Å². The molecule has 0 aliphatic rings. The number of phenols is 1. The third-order valence-corrected chi connectivity index (χ3v) is 2.11. The average Bonchev–Trinajstić information content (AvgIpc) is 2.23. The molecule has 16 heavy (non-hydrogen) atoms. The molecule has 0 amide bonds. The van der Waals surface area contributed by atoms with E-state index >= 15 is 0 Å². The number of rotatable bonds is 4. The highest BCUT2D eigenvalue weighted by Crippen LogP contribution is 2.21. The van der Waals surface area contributed by atoms with Gasteiger partial charge >= 0.3 is 5.97 Å². The van der Waals surface area contributed by atoms with Gasteiger partial charge in [-0.05, 0) is 19.1 Å². The van der Waals surface area contributed by atoms with E-state index in [4.69, 9.17) is 5.73 Å². The highest BCUT2D eigenvalue weighted by atomic mass is 19.1. The van der Waals surface area contributed by atoms with Crippen molar-refractivity contribution < 1.29 is 19.0 Å². The second-order valence-corrected chi connectivity index (χ2v) is 3.30. The number of ether oxygens (including phenoxy) is 1. The topological polar surface area (TPSA) is 72.5 Å². The van der Waals surface area contributed by atoms with Crippen LogP contribution in [0.1, 0.15) is 12.5 Å². The zero-order valence-corrected chi connectivity index (χ0v) is 8.94. The predicted octanol–water partition coefficient (Wildman–Crippen LogP) is 0.964. The van der Waals surface area contributed by atoms with Gasteiger partial charge in [-0.2, -0.15) is 0 Å². The number of phenolic OH excluding ortho intramolecular Hbond substituents is 1. The number of esters is 1. The first kappa shape index (κ1) is 12.4. The van der Waals surface area contributed by atoms with Crippen LogP contribution in [-0.2, 0) is 16.0 Å². The molecule has 0 spiro atoms. The maximum absolute atomic E-state index is 13.3. The quantitative estimate of drug-likeness (QED) is 0.751. The summed E-state index contributed by atoms with van der Waals surface area (Å²) < 4.78 is 18.0. The third-order valence-electron chi connectivity index (χ3n) is 2.11. The molecule has 0 aromatic heterocycles. The highest BCUT2D eigenvalue weighted by molar-refractivity contribution is 5.76. The number of hydrogen-bond acceptors (Lipinski definition) is 4. The molecule has 1 unspecified atom stereocenters. The standard InChI is InChI=1S/C11H14FNO3/c1-2-16-11(15)9(13)6-7-8(12)4-3-5-10(7)14/h3-5,9,14H,2,6,13H2,1H3. The van der Waals surface area contributed by atoms with Crippen molar-refractivity contribution in [1.82, 2.24) is 0 Å². The van der Waals surface area contributed by atoms with E-state index in [0.29, 0.717) is 0 Å². The van der Waals surface area contributed by atoms with E-state index in [-0.39, 0.29) is 24.3 Å². The zero-order valence-electron chi connectivity index (χ0n) is 8.94. The van der Waals surface area contributed by atoms with Gasteiger partial charge in [0.1, 0.15) is 17.6 Å². The molecule has 0 saturated carbocycles. The minimum Gasteiger partial charge on any atom is -0.508 e. The molecule has 0 fully saturated rings.